The third-order valence-electron chi connectivity index (χ3n) is 2.99. The minimum absolute atomic E-state index is 0.316. The van der Waals surface area contributed by atoms with E-state index in [-0.39, 0.29) is 0 Å². The number of nitrogens with zero attached hydrogens (tertiary/aromatic N) is 1. The number of likely N-dealkylation sites (tertiary alicyclic amines) is 1. The lowest BCUT2D eigenvalue weighted by Crippen LogP contribution is -2.47. The average molecular weight is 226 g/mol. The Hall–Kier alpha value is -0.570. The van der Waals surface area contributed by atoms with Gasteiger partial charge >= 0.3 is 0 Å². The fourth-order valence-electron chi connectivity index (χ4n) is 2.00. The van der Waals surface area contributed by atoms with Crippen molar-refractivity contribution in [3.05, 3.63) is 34.3 Å². The normalized spacial score (nSPS) is 17.8. The molecule has 1 aliphatic heterocycles. The zero-order valence-electron chi connectivity index (χ0n) is 8.91. The molecule has 2 nitrogen and oxygen atoms in total. The number of aliphatic hydroxyl groups is 1. The van der Waals surface area contributed by atoms with Gasteiger partial charge in [-0.1, -0.05) is 17.7 Å². The molecule has 1 saturated heterocycles. The summed E-state index contributed by atoms with van der Waals surface area (Å²) in [5, 5.41) is 9.72. The number of hydrogen-bond acceptors (Lipinski definition) is 2. The molecule has 0 bridgehead atoms. The Morgan fingerprint density at radius 3 is 2.80 bits per heavy atom. The van der Waals surface area contributed by atoms with Crippen LogP contribution in [0.1, 0.15) is 11.1 Å². The predicted octanol–water partition coefficient (Wildman–Crippen LogP) is 2.07. The van der Waals surface area contributed by atoms with Crippen LogP contribution in [0, 0.1) is 12.8 Å². The van der Waals surface area contributed by atoms with Gasteiger partial charge in [-0.2, -0.15) is 0 Å². The lowest BCUT2D eigenvalue weighted by Gasteiger charge is -2.38. The van der Waals surface area contributed by atoms with Gasteiger partial charge in [-0.05, 0) is 30.2 Å². The molecule has 0 unspecified atom stereocenters. The molecule has 1 aromatic rings. The minimum Gasteiger partial charge on any atom is -0.396 e. The maximum atomic E-state index is 8.92. The molecule has 0 spiro atoms. The highest BCUT2D eigenvalue weighted by Gasteiger charge is 2.25. The summed E-state index contributed by atoms with van der Waals surface area (Å²) in [5.74, 6) is 0.484. The van der Waals surface area contributed by atoms with Crippen LogP contribution in [0.3, 0.4) is 0 Å². The van der Waals surface area contributed by atoms with E-state index in [4.69, 9.17) is 16.7 Å². The highest BCUT2D eigenvalue weighted by atomic mass is 35.5. The van der Waals surface area contributed by atoms with Crippen LogP contribution in [-0.2, 0) is 6.54 Å². The van der Waals surface area contributed by atoms with Crippen LogP contribution < -0.4 is 0 Å². The molecule has 1 fully saturated rings. The zero-order valence-corrected chi connectivity index (χ0v) is 9.67. The number of rotatable bonds is 3. The smallest absolute Gasteiger partial charge is 0.0483 e. The molecule has 0 saturated carbocycles. The Bertz CT molecular complexity index is 347. The van der Waals surface area contributed by atoms with Crippen LogP contribution in [0.5, 0.6) is 0 Å². The third-order valence-corrected chi connectivity index (χ3v) is 3.22. The molecule has 0 radical (unpaired) electrons. The fourth-order valence-corrected chi connectivity index (χ4v) is 2.23. The fraction of sp³-hybridized carbons (Fsp3) is 0.500. The van der Waals surface area contributed by atoms with Crippen LogP contribution in [0.25, 0.3) is 0 Å². The summed E-state index contributed by atoms with van der Waals surface area (Å²) in [6.45, 7) is 5.40. The van der Waals surface area contributed by atoms with Gasteiger partial charge in [0.15, 0.2) is 0 Å². The minimum atomic E-state index is 0.316. The van der Waals surface area contributed by atoms with Crippen LogP contribution >= 0.6 is 11.6 Å². The lowest BCUT2D eigenvalue weighted by molar-refractivity contribution is 0.0478. The predicted molar refractivity (Wildman–Crippen MR) is 62.0 cm³/mol. The van der Waals surface area contributed by atoms with Crippen LogP contribution in [-0.4, -0.2) is 29.7 Å². The van der Waals surface area contributed by atoms with Crippen molar-refractivity contribution in [1.82, 2.24) is 4.90 Å². The SMILES string of the molecule is Cc1cc(Cl)ccc1CN1CC(CO)C1. The van der Waals surface area contributed by atoms with E-state index in [0.717, 1.165) is 24.7 Å². The molecule has 3 heteroatoms. The standard InChI is InChI=1S/C12H16ClNO/c1-9-4-12(13)3-2-11(9)7-14-5-10(6-14)8-15/h2-4,10,15H,5-8H2,1H3. The zero-order chi connectivity index (χ0) is 10.8. The average Bonchev–Trinajstić information content (AvgIpc) is 2.13. The number of aryl methyl sites for hydroxylation is 1. The van der Waals surface area contributed by atoms with E-state index in [0.29, 0.717) is 12.5 Å². The van der Waals surface area contributed by atoms with E-state index < -0.39 is 0 Å². The summed E-state index contributed by atoms with van der Waals surface area (Å²) in [6, 6.07) is 6.03. The molecule has 1 aromatic carbocycles. The first-order valence-corrected chi connectivity index (χ1v) is 5.65. The van der Waals surface area contributed by atoms with Gasteiger partial charge in [-0.25, -0.2) is 0 Å². The summed E-state index contributed by atoms with van der Waals surface area (Å²) < 4.78 is 0. The van der Waals surface area contributed by atoms with Crippen molar-refractivity contribution in [2.75, 3.05) is 19.7 Å². The van der Waals surface area contributed by atoms with Gasteiger partial charge in [-0.3, -0.25) is 4.90 Å². The molecule has 1 heterocycles. The van der Waals surface area contributed by atoms with Gasteiger partial charge in [0.2, 0.25) is 0 Å². The van der Waals surface area contributed by atoms with Crippen LogP contribution in [0.2, 0.25) is 5.02 Å². The number of benzene rings is 1. The summed E-state index contributed by atoms with van der Waals surface area (Å²) in [7, 11) is 0. The molecule has 0 amide bonds. The second kappa shape index (κ2) is 4.52. The largest absolute Gasteiger partial charge is 0.396 e. The first-order chi connectivity index (χ1) is 7.19. The first kappa shape index (κ1) is 10.9. The van der Waals surface area contributed by atoms with Crippen molar-refractivity contribution in [1.29, 1.82) is 0 Å². The number of aliphatic hydroxyl groups excluding tert-OH is 1. The summed E-state index contributed by atoms with van der Waals surface area (Å²) >= 11 is 5.90. The van der Waals surface area contributed by atoms with E-state index in [9.17, 15) is 0 Å². The molecule has 0 aromatic heterocycles. The van der Waals surface area contributed by atoms with Gasteiger partial charge in [-0.15, -0.1) is 0 Å². The molecular formula is C12H16ClNO. The molecule has 1 N–H and O–H groups in total. The molecule has 0 aliphatic carbocycles. The van der Waals surface area contributed by atoms with Crippen molar-refractivity contribution < 1.29 is 5.11 Å². The topological polar surface area (TPSA) is 23.5 Å². The second-order valence-electron chi connectivity index (χ2n) is 4.31. The van der Waals surface area contributed by atoms with E-state index in [2.05, 4.69) is 17.9 Å². The quantitative estimate of drug-likeness (QED) is 0.852. The van der Waals surface area contributed by atoms with Gasteiger partial charge < -0.3 is 5.11 Å². The highest BCUT2D eigenvalue weighted by molar-refractivity contribution is 6.30. The second-order valence-corrected chi connectivity index (χ2v) is 4.75. The molecule has 15 heavy (non-hydrogen) atoms. The summed E-state index contributed by atoms with van der Waals surface area (Å²) in [5.41, 5.74) is 2.57. The van der Waals surface area contributed by atoms with Gasteiger partial charge in [0.05, 0.1) is 0 Å². The third kappa shape index (κ3) is 2.51. The molecule has 2 rings (SSSR count). The maximum Gasteiger partial charge on any atom is 0.0483 e. The van der Waals surface area contributed by atoms with Crippen LogP contribution in [0.4, 0.5) is 0 Å². The number of halogens is 1. The first-order valence-electron chi connectivity index (χ1n) is 5.27. The van der Waals surface area contributed by atoms with Gasteiger partial charge in [0.25, 0.3) is 0 Å². The molecule has 1 aliphatic rings. The lowest BCUT2D eigenvalue weighted by atomic mass is 9.99. The van der Waals surface area contributed by atoms with E-state index in [1.54, 1.807) is 0 Å². The van der Waals surface area contributed by atoms with Crippen molar-refractivity contribution >= 4 is 11.6 Å². The summed E-state index contributed by atoms with van der Waals surface area (Å²) in [6.07, 6.45) is 0. The van der Waals surface area contributed by atoms with E-state index in [1.807, 2.05) is 12.1 Å². The van der Waals surface area contributed by atoms with Crippen LogP contribution in [0.15, 0.2) is 18.2 Å². The van der Waals surface area contributed by atoms with E-state index in [1.165, 1.54) is 11.1 Å². The van der Waals surface area contributed by atoms with Crippen molar-refractivity contribution in [2.45, 2.75) is 13.5 Å². The van der Waals surface area contributed by atoms with Crippen molar-refractivity contribution in [3.63, 3.8) is 0 Å². The Kier molecular flexibility index (Phi) is 3.29. The molecular weight excluding hydrogens is 210 g/mol. The van der Waals surface area contributed by atoms with E-state index >= 15 is 0 Å². The Morgan fingerprint density at radius 2 is 2.20 bits per heavy atom. The Labute approximate surface area is 95.5 Å². The molecule has 0 atom stereocenters. The summed E-state index contributed by atoms with van der Waals surface area (Å²) in [4.78, 5) is 2.34. The maximum absolute atomic E-state index is 8.92. The Balaban J connectivity index is 1.94. The Morgan fingerprint density at radius 1 is 1.47 bits per heavy atom. The monoisotopic (exact) mass is 225 g/mol. The highest BCUT2D eigenvalue weighted by Crippen LogP contribution is 2.21. The van der Waals surface area contributed by atoms with Gasteiger partial charge in [0, 0.05) is 37.2 Å². The van der Waals surface area contributed by atoms with Crippen molar-refractivity contribution in [3.8, 4) is 0 Å². The van der Waals surface area contributed by atoms with Crippen molar-refractivity contribution in [2.24, 2.45) is 5.92 Å². The number of hydrogen-bond donors (Lipinski definition) is 1. The van der Waals surface area contributed by atoms with Gasteiger partial charge in [0.1, 0.15) is 0 Å². The molecule has 82 valence electrons.